The molecule has 3 aromatic rings. The molecule has 0 N–H and O–H groups in total. The highest BCUT2D eigenvalue weighted by Gasteiger charge is 1.98. The van der Waals surface area contributed by atoms with Gasteiger partial charge in [-0.3, -0.25) is 0 Å². The molecule has 0 aromatic heterocycles. The minimum Gasteiger partial charge on any atom is -0.494 e. The first-order valence-electron chi connectivity index (χ1n) is 17.5. The summed E-state index contributed by atoms with van der Waals surface area (Å²) in [5, 5.41) is 0. The molecule has 0 aliphatic heterocycles. The summed E-state index contributed by atoms with van der Waals surface area (Å²) in [7, 11) is 0. The van der Waals surface area contributed by atoms with Gasteiger partial charge in [0.2, 0.25) is 0 Å². The minimum atomic E-state index is 0.817. The van der Waals surface area contributed by atoms with E-state index in [1.54, 1.807) is 0 Å². The second-order valence-electron chi connectivity index (χ2n) is 12.2. The third kappa shape index (κ3) is 15.8. The zero-order valence-corrected chi connectivity index (χ0v) is 27.4. The molecule has 0 saturated carbocycles. The Labute approximate surface area is 264 Å². The number of rotatable bonds is 23. The molecular formula is C42H58O. The van der Waals surface area contributed by atoms with Gasteiger partial charge in [0.15, 0.2) is 0 Å². The van der Waals surface area contributed by atoms with E-state index in [1.807, 2.05) is 0 Å². The van der Waals surface area contributed by atoms with E-state index < -0.39 is 0 Å². The molecule has 0 radical (unpaired) electrons. The highest BCUT2D eigenvalue weighted by molar-refractivity contribution is 5.73. The van der Waals surface area contributed by atoms with Crippen molar-refractivity contribution in [1.82, 2.24) is 0 Å². The number of hydrogen-bond donors (Lipinski definition) is 0. The zero-order valence-electron chi connectivity index (χ0n) is 27.4. The van der Waals surface area contributed by atoms with Crippen molar-refractivity contribution in [2.45, 2.75) is 123 Å². The monoisotopic (exact) mass is 578 g/mol. The summed E-state index contributed by atoms with van der Waals surface area (Å²) in [6.07, 6.45) is 31.6. The molecule has 0 spiro atoms. The number of benzene rings is 3. The molecule has 1 heteroatoms. The van der Waals surface area contributed by atoms with Crippen LogP contribution in [0.1, 0.15) is 144 Å². The standard InChI is InChI=1S/C42H58O/c1-3-5-7-9-11-12-13-14-16-18-36-43-42-34-32-41(33-35-42)31-30-40-28-26-39(27-29-40)25-24-38-22-20-37(21-23-38)19-17-15-10-8-6-4-2/h20-35H,3-19,36H2,1-2H3. The topological polar surface area (TPSA) is 9.23 Å². The Morgan fingerprint density at radius 1 is 0.395 bits per heavy atom. The molecule has 0 saturated heterocycles. The van der Waals surface area contributed by atoms with Crippen LogP contribution in [0.3, 0.4) is 0 Å². The van der Waals surface area contributed by atoms with Gasteiger partial charge < -0.3 is 4.74 Å². The third-order valence-corrected chi connectivity index (χ3v) is 8.32. The fourth-order valence-electron chi connectivity index (χ4n) is 5.46. The Balaban J connectivity index is 1.31. The van der Waals surface area contributed by atoms with Crippen LogP contribution in [0.5, 0.6) is 5.75 Å². The van der Waals surface area contributed by atoms with Crippen LogP contribution in [0.2, 0.25) is 0 Å². The summed E-state index contributed by atoms with van der Waals surface area (Å²) < 4.78 is 5.97. The van der Waals surface area contributed by atoms with Crippen LogP contribution in [-0.2, 0) is 6.42 Å². The molecule has 0 aliphatic rings. The molecule has 3 rings (SSSR count). The largest absolute Gasteiger partial charge is 0.494 e. The number of unbranched alkanes of at least 4 members (excludes halogenated alkanes) is 14. The molecule has 0 atom stereocenters. The van der Waals surface area contributed by atoms with Gasteiger partial charge in [-0.25, -0.2) is 0 Å². The molecule has 0 fully saturated rings. The van der Waals surface area contributed by atoms with Gasteiger partial charge in [-0.2, -0.15) is 0 Å². The van der Waals surface area contributed by atoms with Crippen molar-refractivity contribution in [2.75, 3.05) is 6.61 Å². The smallest absolute Gasteiger partial charge is 0.119 e. The predicted molar refractivity (Wildman–Crippen MR) is 192 cm³/mol. The highest BCUT2D eigenvalue weighted by Crippen LogP contribution is 2.18. The first-order valence-corrected chi connectivity index (χ1v) is 17.5. The lowest BCUT2D eigenvalue weighted by Crippen LogP contribution is -1.97. The minimum absolute atomic E-state index is 0.817. The van der Waals surface area contributed by atoms with E-state index in [4.69, 9.17) is 4.74 Å². The van der Waals surface area contributed by atoms with Crippen molar-refractivity contribution >= 4 is 24.3 Å². The Kier molecular flexibility index (Phi) is 18.0. The van der Waals surface area contributed by atoms with Crippen LogP contribution >= 0.6 is 0 Å². The summed E-state index contributed by atoms with van der Waals surface area (Å²) in [6, 6.07) is 26.3. The van der Waals surface area contributed by atoms with E-state index in [0.717, 1.165) is 18.8 Å². The van der Waals surface area contributed by atoms with Crippen molar-refractivity contribution < 1.29 is 4.74 Å². The Bertz CT molecular complexity index is 1140. The van der Waals surface area contributed by atoms with Gasteiger partial charge in [-0.15, -0.1) is 0 Å². The van der Waals surface area contributed by atoms with Gasteiger partial charge in [0, 0.05) is 0 Å². The van der Waals surface area contributed by atoms with E-state index in [9.17, 15) is 0 Å². The summed E-state index contributed by atoms with van der Waals surface area (Å²) in [4.78, 5) is 0. The predicted octanol–water partition coefficient (Wildman–Crippen LogP) is 13.2. The Morgan fingerprint density at radius 3 is 1.19 bits per heavy atom. The van der Waals surface area contributed by atoms with Crippen molar-refractivity contribution in [3.63, 3.8) is 0 Å². The molecule has 0 amide bonds. The first-order chi connectivity index (χ1) is 21.3. The summed E-state index contributed by atoms with van der Waals surface area (Å²) >= 11 is 0. The lowest BCUT2D eigenvalue weighted by atomic mass is 10.0. The quantitative estimate of drug-likeness (QED) is 0.0803. The maximum atomic E-state index is 5.97. The Morgan fingerprint density at radius 2 is 0.744 bits per heavy atom. The van der Waals surface area contributed by atoms with Crippen LogP contribution in [-0.4, -0.2) is 6.61 Å². The maximum Gasteiger partial charge on any atom is 0.119 e. The summed E-state index contributed by atoms with van der Waals surface area (Å²) in [5.41, 5.74) is 6.33. The van der Waals surface area contributed by atoms with Gasteiger partial charge >= 0.3 is 0 Å². The zero-order chi connectivity index (χ0) is 30.2. The lowest BCUT2D eigenvalue weighted by Gasteiger charge is -2.06. The van der Waals surface area contributed by atoms with E-state index in [2.05, 4.69) is 111 Å². The van der Waals surface area contributed by atoms with Crippen LogP contribution < -0.4 is 4.74 Å². The van der Waals surface area contributed by atoms with Crippen molar-refractivity contribution in [2.24, 2.45) is 0 Å². The van der Waals surface area contributed by atoms with Crippen LogP contribution in [0.4, 0.5) is 0 Å². The van der Waals surface area contributed by atoms with Crippen molar-refractivity contribution in [3.05, 3.63) is 101 Å². The fourth-order valence-corrected chi connectivity index (χ4v) is 5.46. The molecule has 3 aromatic carbocycles. The molecule has 0 aliphatic carbocycles. The lowest BCUT2D eigenvalue weighted by molar-refractivity contribution is 0.304. The molecule has 0 heterocycles. The SMILES string of the molecule is CCCCCCCCCCCCOc1ccc(C=Cc2ccc(C=Cc3ccc(CCCCCCCC)cc3)cc2)cc1. The van der Waals surface area contributed by atoms with Gasteiger partial charge in [-0.1, -0.05) is 189 Å². The van der Waals surface area contributed by atoms with Crippen molar-refractivity contribution in [3.8, 4) is 5.75 Å². The first kappa shape index (κ1) is 34.4. The normalized spacial score (nSPS) is 11.6. The second kappa shape index (κ2) is 22.5. The van der Waals surface area contributed by atoms with Crippen LogP contribution in [0.15, 0.2) is 72.8 Å². The number of hydrogen-bond acceptors (Lipinski definition) is 1. The molecular weight excluding hydrogens is 520 g/mol. The van der Waals surface area contributed by atoms with Gasteiger partial charge in [0.1, 0.15) is 5.75 Å². The second-order valence-corrected chi connectivity index (χ2v) is 12.2. The van der Waals surface area contributed by atoms with Gasteiger partial charge in [-0.05, 0) is 59.2 Å². The van der Waals surface area contributed by atoms with E-state index >= 15 is 0 Å². The average molecular weight is 579 g/mol. The molecule has 0 bridgehead atoms. The average Bonchev–Trinajstić information content (AvgIpc) is 3.05. The fraction of sp³-hybridized carbons (Fsp3) is 0.476. The third-order valence-electron chi connectivity index (χ3n) is 8.32. The number of ether oxygens (including phenoxy) is 1. The molecule has 232 valence electrons. The molecule has 0 unspecified atom stereocenters. The van der Waals surface area contributed by atoms with Crippen LogP contribution in [0.25, 0.3) is 24.3 Å². The number of aryl methyl sites for hydroxylation is 1. The Hall–Kier alpha value is -3.06. The summed E-state index contributed by atoms with van der Waals surface area (Å²) in [6.45, 7) is 5.38. The van der Waals surface area contributed by atoms with E-state index in [0.29, 0.717) is 0 Å². The van der Waals surface area contributed by atoms with Crippen LogP contribution in [0, 0.1) is 0 Å². The summed E-state index contributed by atoms with van der Waals surface area (Å²) in [5.74, 6) is 0.969. The van der Waals surface area contributed by atoms with Crippen molar-refractivity contribution in [1.29, 1.82) is 0 Å². The molecule has 1 nitrogen and oxygen atoms in total. The maximum absolute atomic E-state index is 5.97. The van der Waals surface area contributed by atoms with E-state index in [1.165, 1.54) is 131 Å². The van der Waals surface area contributed by atoms with E-state index in [-0.39, 0.29) is 0 Å². The van der Waals surface area contributed by atoms with Gasteiger partial charge in [0.05, 0.1) is 6.61 Å². The highest BCUT2D eigenvalue weighted by atomic mass is 16.5. The van der Waals surface area contributed by atoms with Gasteiger partial charge in [0.25, 0.3) is 0 Å². The molecule has 43 heavy (non-hydrogen) atoms.